The van der Waals surface area contributed by atoms with Crippen LogP contribution in [0.4, 0.5) is 0 Å². The summed E-state index contributed by atoms with van der Waals surface area (Å²) >= 11 is 9.97. The third kappa shape index (κ3) is 3.90. The highest BCUT2D eigenvalue weighted by Gasteiger charge is 2.15. The SMILES string of the molecule is O=C(/C=C/c1cc[c]c(Cl)c1-c1ccccc1Br)N1CCCCC1. The van der Waals surface area contributed by atoms with Gasteiger partial charge in [0.15, 0.2) is 0 Å². The van der Waals surface area contributed by atoms with Gasteiger partial charge in [0.05, 0.1) is 5.02 Å². The van der Waals surface area contributed by atoms with Crippen molar-refractivity contribution < 1.29 is 4.79 Å². The molecule has 1 radical (unpaired) electrons. The zero-order valence-electron chi connectivity index (χ0n) is 13.3. The average molecular weight is 404 g/mol. The second-order valence-corrected chi connectivity index (χ2v) is 7.05. The van der Waals surface area contributed by atoms with E-state index in [-0.39, 0.29) is 5.91 Å². The molecule has 0 aromatic heterocycles. The Morgan fingerprint density at radius 2 is 1.92 bits per heavy atom. The summed E-state index contributed by atoms with van der Waals surface area (Å²) in [5, 5.41) is 0.550. The lowest BCUT2D eigenvalue weighted by molar-refractivity contribution is -0.126. The van der Waals surface area contributed by atoms with Gasteiger partial charge in [0.2, 0.25) is 5.91 Å². The van der Waals surface area contributed by atoms with E-state index in [9.17, 15) is 4.79 Å². The summed E-state index contributed by atoms with van der Waals surface area (Å²) in [5.74, 6) is 0.0664. The molecule has 0 saturated carbocycles. The van der Waals surface area contributed by atoms with Crippen molar-refractivity contribution in [3.8, 4) is 11.1 Å². The lowest BCUT2D eigenvalue weighted by Gasteiger charge is -2.25. The van der Waals surface area contributed by atoms with Gasteiger partial charge >= 0.3 is 0 Å². The maximum absolute atomic E-state index is 12.4. The largest absolute Gasteiger partial charge is 0.339 e. The summed E-state index contributed by atoms with van der Waals surface area (Å²) in [4.78, 5) is 14.3. The molecule has 2 aromatic rings. The van der Waals surface area contributed by atoms with Gasteiger partial charge in [-0.2, -0.15) is 0 Å². The molecule has 24 heavy (non-hydrogen) atoms. The summed E-state index contributed by atoms with van der Waals surface area (Å²) in [5.41, 5.74) is 2.79. The van der Waals surface area contributed by atoms with Crippen molar-refractivity contribution in [3.63, 3.8) is 0 Å². The molecule has 0 bridgehead atoms. The zero-order valence-corrected chi connectivity index (χ0v) is 15.6. The van der Waals surface area contributed by atoms with Gasteiger partial charge < -0.3 is 4.90 Å². The minimum atomic E-state index is 0.0664. The van der Waals surface area contributed by atoms with Crippen LogP contribution in [-0.4, -0.2) is 23.9 Å². The molecule has 123 valence electrons. The number of amides is 1. The Hall–Kier alpha value is -1.58. The van der Waals surface area contributed by atoms with E-state index in [0.29, 0.717) is 5.02 Å². The number of piperidine rings is 1. The minimum Gasteiger partial charge on any atom is -0.339 e. The number of likely N-dealkylation sites (tertiary alicyclic amines) is 1. The van der Waals surface area contributed by atoms with Crippen molar-refractivity contribution in [2.24, 2.45) is 0 Å². The Morgan fingerprint density at radius 3 is 2.67 bits per heavy atom. The van der Waals surface area contributed by atoms with Crippen LogP contribution < -0.4 is 0 Å². The van der Waals surface area contributed by atoms with E-state index < -0.39 is 0 Å². The molecule has 1 aliphatic rings. The molecule has 0 atom stereocenters. The van der Waals surface area contributed by atoms with Gasteiger partial charge in [0.1, 0.15) is 0 Å². The first-order chi connectivity index (χ1) is 11.7. The number of carbonyl (C=O) groups is 1. The van der Waals surface area contributed by atoms with Gasteiger partial charge in [-0.25, -0.2) is 0 Å². The molecule has 4 heteroatoms. The van der Waals surface area contributed by atoms with E-state index in [1.807, 2.05) is 41.3 Å². The predicted molar refractivity (Wildman–Crippen MR) is 103 cm³/mol. The van der Waals surface area contributed by atoms with Gasteiger partial charge in [0, 0.05) is 35.3 Å². The van der Waals surface area contributed by atoms with Gasteiger partial charge in [-0.1, -0.05) is 57.9 Å². The Bertz CT molecular complexity index is 766. The second-order valence-electron chi connectivity index (χ2n) is 5.82. The molecule has 2 nitrogen and oxygen atoms in total. The van der Waals surface area contributed by atoms with Crippen LogP contribution in [0.1, 0.15) is 24.8 Å². The Morgan fingerprint density at radius 1 is 1.17 bits per heavy atom. The molecule has 1 amide bonds. The maximum Gasteiger partial charge on any atom is 0.246 e. The van der Waals surface area contributed by atoms with E-state index in [4.69, 9.17) is 11.6 Å². The molecular formula is C20H18BrClNO. The standard InChI is InChI=1S/C20H18BrClNO/c21-17-9-3-2-8-16(17)20-15(7-6-10-18(20)22)11-12-19(24)23-13-4-1-5-14-23/h2-3,6-9,11-12H,1,4-5,13-14H2/b12-11+. The first kappa shape index (κ1) is 17.2. The number of rotatable bonds is 3. The van der Waals surface area contributed by atoms with Crippen LogP contribution in [0.2, 0.25) is 5.02 Å². The number of nitrogens with zero attached hydrogens (tertiary/aromatic N) is 1. The number of hydrogen-bond acceptors (Lipinski definition) is 1. The molecule has 1 fully saturated rings. The van der Waals surface area contributed by atoms with Crippen molar-refractivity contribution in [1.29, 1.82) is 0 Å². The normalized spacial score (nSPS) is 15.0. The van der Waals surface area contributed by atoms with E-state index in [0.717, 1.165) is 47.1 Å². The van der Waals surface area contributed by atoms with E-state index in [1.54, 1.807) is 12.1 Å². The molecule has 1 heterocycles. The Balaban J connectivity index is 1.91. The van der Waals surface area contributed by atoms with Crippen LogP contribution in [0.15, 0.2) is 46.9 Å². The monoisotopic (exact) mass is 402 g/mol. The molecule has 0 N–H and O–H groups in total. The Labute approximate surface area is 156 Å². The molecule has 1 aliphatic heterocycles. The smallest absolute Gasteiger partial charge is 0.246 e. The summed E-state index contributed by atoms with van der Waals surface area (Å²) in [7, 11) is 0. The number of carbonyl (C=O) groups excluding carboxylic acids is 1. The van der Waals surface area contributed by atoms with Crippen molar-refractivity contribution in [1.82, 2.24) is 4.90 Å². The fourth-order valence-electron chi connectivity index (χ4n) is 2.94. The third-order valence-electron chi connectivity index (χ3n) is 4.20. The fraction of sp³-hybridized carbons (Fsp3) is 0.250. The van der Waals surface area contributed by atoms with Crippen LogP contribution in [0.3, 0.4) is 0 Å². The van der Waals surface area contributed by atoms with E-state index >= 15 is 0 Å². The Kier molecular flexibility index (Phi) is 5.75. The molecule has 0 spiro atoms. The van der Waals surface area contributed by atoms with E-state index in [1.165, 1.54) is 6.42 Å². The summed E-state index contributed by atoms with van der Waals surface area (Å²) in [6.07, 6.45) is 6.90. The predicted octanol–water partition coefficient (Wildman–Crippen LogP) is 5.60. The molecule has 2 aromatic carbocycles. The highest BCUT2D eigenvalue weighted by atomic mass is 79.9. The molecule has 0 aliphatic carbocycles. The summed E-state index contributed by atoms with van der Waals surface area (Å²) in [6, 6.07) is 14.7. The fourth-order valence-corrected chi connectivity index (χ4v) is 3.70. The topological polar surface area (TPSA) is 20.3 Å². The maximum atomic E-state index is 12.4. The molecule has 3 rings (SSSR count). The van der Waals surface area contributed by atoms with Crippen LogP contribution in [-0.2, 0) is 4.79 Å². The van der Waals surface area contributed by atoms with Crippen molar-refractivity contribution in [2.45, 2.75) is 19.3 Å². The van der Waals surface area contributed by atoms with Crippen molar-refractivity contribution in [2.75, 3.05) is 13.1 Å². The number of hydrogen-bond donors (Lipinski definition) is 0. The van der Waals surface area contributed by atoms with Crippen molar-refractivity contribution >= 4 is 39.5 Å². The number of benzene rings is 2. The van der Waals surface area contributed by atoms with Gasteiger partial charge in [0.25, 0.3) is 0 Å². The highest BCUT2D eigenvalue weighted by Crippen LogP contribution is 2.36. The zero-order chi connectivity index (χ0) is 16.9. The first-order valence-corrected chi connectivity index (χ1v) is 9.26. The number of halogens is 2. The molecular weight excluding hydrogens is 386 g/mol. The van der Waals surface area contributed by atoms with Crippen LogP contribution >= 0.6 is 27.5 Å². The molecule has 1 saturated heterocycles. The van der Waals surface area contributed by atoms with Crippen LogP contribution in [0, 0.1) is 6.07 Å². The summed E-state index contributed by atoms with van der Waals surface area (Å²) in [6.45, 7) is 1.70. The van der Waals surface area contributed by atoms with E-state index in [2.05, 4.69) is 22.0 Å². The lowest BCUT2D eigenvalue weighted by Crippen LogP contribution is -2.34. The third-order valence-corrected chi connectivity index (χ3v) is 5.19. The van der Waals surface area contributed by atoms with Gasteiger partial charge in [-0.05, 0) is 42.5 Å². The first-order valence-electron chi connectivity index (χ1n) is 8.09. The average Bonchev–Trinajstić information content (AvgIpc) is 2.61. The van der Waals surface area contributed by atoms with Gasteiger partial charge in [-0.3, -0.25) is 4.79 Å². The quantitative estimate of drug-likeness (QED) is 0.611. The molecule has 0 unspecified atom stereocenters. The van der Waals surface area contributed by atoms with Crippen LogP contribution in [0.25, 0.3) is 17.2 Å². The van der Waals surface area contributed by atoms with Gasteiger partial charge in [-0.15, -0.1) is 0 Å². The summed E-state index contributed by atoms with van der Waals surface area (Å²) < 4.78 is 0.962. The lowest BCUT2D eigenvalue weighted by atomic mass is 9.99. The minimum absolute atomic E-state index is 0.0664. The second kappa shape index (κ2) is 8.00. The van der Waals surface area contributed by atoms with Crippen LogP contribution in [0.5, 0.6) is 0 Å². The van der Waals surface area contributed by atoms with Crippen molar-refractivity contribution in [3.05, 3.63) is 63.6 Å². The highest BCUT2D eigenvalue weighted by molar-refractivity contribution is 9.10.